The molecule has 0 bridgehead atoms. The minimum absolute atomic E-state index is 0.309. The second-order valence-corrected chi connectivity index (χ2v) is 3.17. The van der Waals surface area contributed by atoms with Crippen LogP contribution >= 0.6 is 22.6 Å². The Labute approximate surface area is 77.7 Å². The molecule has 0 unspecified atom stereocenters. The first-order valence-corrected chi connectivity index (χ1v) is 4.01. The number of anilines is 1. The molecule has 0 aliphatic rings. The van der Waals surface area contributed by atoms with Gasteiger partial charge in [-0.2, -0.15) is 0 Å². The van der Waals surface area contributed by atoms with E-state index in [2.05, 4.69) is 0 Å². The van der Waals surface area contributed by atoms with Gasteiger partial charge in [-0.25, -0.2) is 4.39 Å². The number of hydrogen-bond acceptors (Lipinski definition) is 2. The number of methoxy groups -OCH3 is 1. The van der Waals surface area contributed by atoms with Gasteiger partial charge in [0.1, 0.15) is 11.6 Å². The topological polar surface area (TPSA) is 35.2 Å². The van der Waals surface area contributed by atoms with E-state index >= 15 is 0 Å². The van der Waals surface area contributed by atoms with Crippen LogP contribution in [0.1, 0.15) is 0 Å². The summed E-state index contributed by atoms with van der Waals surface area (Å²) in [6, 6.07) is 2.81. The number of nitrogen functional groups attached to an aromatic ring is 1. The fourth-order valence-corrected chi connectivity index (χ4v) is 1.21. The van der Waals surface area contributed by atoms with Crippen LogP contribution in [0, 0.1) is 9.39 Å². The molecule has 0 amide bonds. The number of ether oxygens (including phenoxy) is 1. The molecule has 0 saturated carbocycles. The molecule has 0 radical (unpaired) electrons. The molecule has 0 atom stereocenters. The van der Waals surface area contributed by atoms with Crippen molar-refractivity contribution in [3.63, 3.8) is 0 Å². The highest BCUT2D eigenvalue weighted by atomic mass is 127. The molecule has 60 valence electrons. The highest BCUT2D eigenvalue weighted by molar-refractivity contribution is 14.1. The van der Waals surface area contributed by atoms with Gasteiger partial charge in [0.05, 0.1) is 16.4 Å². The van der Waals surface area contributed by atoms with E-state index in [0.29, 0.717) is 15.0 Å². The summed E-state index contributed by atoms with van der Waals surface area (Å²) in [5, 5.41) is 0. The number of hydrogen-bond donors (Lipinski definition) is 1. The molecule has 11 heavy (non-hydrogen) atoms. The Balaban J connectivity index is 3.21. The summed E-state index contributed by atoms with van der Waals surface area (Å²) in [6.07, 6.45) is 0. The monoisotopic (exact) mass is 267 g/mol. The summed E-state index contributed by atoms with van der Waals surface area (Å²) >= 11 is 1.87. The van der Waals surface area contributed by atoms with E-state index in [9.17, 15) is 4.39 Å². The first-order chi connectivity index (χ1) is 5.15. The minimum atomic E-state index is -0.309. The lowest BCUT2D eigenvalue weighted by molar-refractivity contribution is 0.413. The normalized spacial score (nSPS) is 9.73. The maximum atomic E-state index is 12.8. The molecule has 0 saturated heterocycles. The standard InChI is InChI=1S/C7H7FINO/c1-11-7-2-4(8)5(9)3-6(7)10/h2-3H,10H2,1H3. The molecule has 0 aromatic heterocycles. The molecule has 1 aromatic carbocycles. The molecule has 2 N–H and O–H groups in total. The fourth-order valence-electron chi connectivity index (χ4n) is 0.721. The summed E-state index contributed by atoms with van der Waals surface area (Å²) in [5.41, 5.74) is 5.96. The summed E-state index contributed by atoms with van der Waals surface area (Å²) < 4.78 is 18.1. The number of halogens is 2. The SMILES string of the molecule is COc1cc(F)c(I)cc1N. The number of nitrogens with two attached hydrogens (primary N) is 1. The summed E-state index contributed by atoms with van der Waals surface area (Å²) in [6.45, 7) is 0. The van der Waals surface area contributed by atoms with Crippen molar-refractivity contribution in [3.8, 4) is 5.75 Å². The zero-order valence-corrected chi connectivity index (χ0v) is 8.05. The fraction of sp³-hybridized carbons (Fsp3) is 0.143. The third kappa shape index (κ3) is 1.74. The maximum Gasteiger partial charge on any atom is 0.144 e. The van der Waals surface area contributed by atoms with Gasteiger partial charge in [0, 0.05) is 6.07 Å². The summed E-state index contributed by atoms with van der Waals surface area (Å²) in [5.74, 6) is 0.0690. The van der Waals surface area contributed by atoms with Gasteiger partial charge in [0.25, 0.3) is 0 Å². The van der Waals surface area contributed by atoms with Gasteiger partial charge in [-0.3, -0.25) is 0 Å². The Morgan fingerprint density at radius 1 is 1.55 bits per heavy atom. The highest BCUT2D eigenvalue weighted by Gasteiger charge is 2.04. The van der Waals surface area contributed by atoms with E-state index in [1.165, 1.54) is 19.2 Å². The van der Waals surface area contributed by atoms with E-state index in [4.69, 9.17) is 10.5 Å². The Hall–Kier alpha value is -0.520. The molecule has 0 spiro atoms. The van der Waals surface area contributed by atoms with E-state index in [-0.39, 0.29) is 5.82 Å². The first-order valence-electron chi connectivity index (χ1n) is 2.93. The van der Waals surface area contributed by atoms with Gasteiger partial charge in [-0.1, -0.05) is 0 Å². The number of benzene rings is 1. The van der Waals surface area contributed by atoms with Crippen LogP contribution in [0.4, 0.5) is 10.1 Å². The molecule has 1 aromatic rings. The van der Waals surface area contributed by atoms with Crippen molar-refractivity contribution in [2.75, 3.05) is 12.8 Å². The van der Waals surface area contributed by atoms with Crippen LogP contribution in [-0.2, 0) is 0 Å². The third-order valence-corrected chi connectivity index (χ3v) is 2.10. The highest BCUT2D eigenvalue weighted by Crippen LogP contribution is 2.25. The molecule has 0 fully saturated rings. The van der Waals surface area contributed by atoms with Crippen molar-refractivity contribution in [2.45, 2.75) is 0 Å². The van der Waals surface area contributed by atoms with Crippen LogP contribution in [0.5, 0.6) is 5.75 Å². The van der Waals surface area contributed by atoms with Gasteiger partial charge in [0.2, 0.25) is 0 Å². The zero-order chi connectivity index (χ0) is 8.43. The molecular weight excluding hydrogens is 260 g/mol. The van der Waals surface area contributed by atoms with Crippen LogP contribution in [-0.4, -0.2) is 7.11 Å². The van der Waals surface area contributed by atoms with E-state index in [1.807, 2.05) is 22.6 Å². The van der Waals surface area contributed by atoms with E-state index < -0.39 is 0 Å². The van der Waals surface area contributed by atoms with Crippen LogP contribution in [0.25, 0.3) is 0 Å². The number of rotatable bonds is 1. The minimum Gasteiger partial charge on any atom is -0.494 e. The molecule has 4 heteroatoms. The molecule has 0 aliphatic carbocycles. The second-order valence-electron chi connectivity index (χ2n) is 2.01. The lowest BCUT2D eigenvalue weighted by Crippen LogP contribution is -1.94. The third-order valence-electron chi connectivity index (χ3n) is 1.27. The Morgan fingerprint density at radius 2 is 2.18 bits per heavy atom. The smallest absolute Gasteiger partial charge is 0.144 e. The van der Waals surface area contributed by atoms with Crippen molar-refractivity contribution in [1.82, 2.24) is 0 Å². The van der Waals surface area contributed by atoms with Crippen LogP contribution in [0.3, 0.4) is 0 Å². The zero-order valence-electron chi connectivity index (χ0n) is 5.90. The largest absolute Gasteiger partial charge is 0.494 e. The maximum absolute atomic E-state index is 12.8. The van der Waals surface area contributed by atoms with Crippen LogP contribution in [0.15, 0.2) is 12.1 Å². The van der Waals surface area contributed by atoms with Gasteiger partial charge in [-0.05, 0) is 28.7 Å². The van der Waals surface area contributed by atoms with Gasteiger partial charge >= 0.3 is 0 Å². The second kappa shape index (κ2) is 3.25. The molecule has 1 rings (SSSR count). The molecule has 0 aliphatic heterocycles. The van der Waals surface area contributed by atoms with Gasteiger partial charge in [-0.15, -0.1) is 0 Å². The van der Waals surface area contributed by atoms with Crippen LogP contribution < -0.4 is 10.5 Å². The van der Waals surface area contributed by atoms with Crippen molar-refractivity contribution in [1.29, 1.82) is 0 Å². The quantitative estimate of drug-likeness (QED) is 0.624. The van der Waals surface area contributed by atoms with Crippen LogP contribution in [0.2, 0.25) is 0 Å². The van der Waals surface area contributed by atoms with Gasteiger partial charge < -0.3 is 10.5 Å². The van der Waals surface area contributed by atoms with Crippen molar-refractivity contribution >= 4 is 28.3 Å². The van der Waals surface area contributed by atoms with E-state index in [0.717, 1.165) is 0 Å². The van der Waals surface area contributed by atoms with E-state index in [1.54, 1.807) is 0 Å². The lowest BCUT2D eigenvalue weighted by Gasteiger charge is -2.04. The Morgan fingerprint density at radius 3 is 2.73 bits per heavy atom. The van der Waals surface area contributed by atoms with Gasteiger partial charge in [0.15, 0.2) is 0 Å². The molecule has 0 heterocycles. The average Bonchev–Trinajstić information content (AvgIpc) is 1.97. The van der Waals surface area contributed by atoms with Crippen molar-refractivity contribution in [2.24, 2.45) is 0 Å². The molecule has 2 nitrogen and oxygen atoms in total. The Kier molecular flexibility index (Phi) is 2.53. The predicted octanol–water partition coefficient (Wildman–Crippen LogP) is 2.02. The lowest BCUT2D eigenvalue weighted by atomic mass is 10.3. The summed E-state index contributed by atoms with van der Waals surface area (Å²) in [4.78, 5) is 0. The van der Waals surface area contributed by atoms with Crippen molar-refractivity contribution in [3.05, 3.63) is 21.5 Å². The molecular formula is C7H7FINO. The first kappa shape index (κ1) is 8.58. The van der Waals surface area contributed by atoms with Crippen molar-refractivity contribution < 1.29 is 9.13 Å². The summed E-state index contributed by atoms with van der Waals surface area (Å²) in [7, 11) is 1.46. The Bertz CT molecular complexity index is 277. The predicted molar refractivity (Wildman–Crippen MR) is 50.1 cm³/mol. The average molecular weight is 267 g/mol.